The molecule has 1 unspecified atom stereocenters. The van der Waals surface area contributed by atoms with Gasteiger partial charge in [-0.2, -0.15) is 0 Å². The van der Waals surface area contributed by atoms with Crippen LogP contribution >= 0.6 is 0 Å². The Balaban J connectivity index is 1.37. The minimum Gasteiger partial charge on any atom is -0.361 e. The first-order valence-electron chi connectivity index (χ1n) is 11.0. The number of carbonyl (C=O) groups excluding carboxylic acids is 1. The van der Waals surface area contributed by atoms with Gasteiger partial charge in [-0.1, -0.05) is 78.9 Å². The van der Waals surface area contributed by atoms with Crippen LogP contribution < -0.4 is 10.6 Å². The maximum atomic E-state index is 12.8. The third-order valence-corrected chi connectivity index (χ3v) is 5.71. The molecule has 2 amide bonds. The van der Waals surface area contributed by atoms with Crippen molar-refractivity contribution in [3.63, 3.8) is 0 Å². The zero-order valence-electron chi connectivity index (χ0n) is 18.1. The summed E-state index contributed by atoms with van der Waals surface area (Å²) in [6.07, 6.45) is 4.34. The highest BCUT2D eigenvalue weighted by Crippen LogP contribution is 2.27. The van der Waals surface area contributed by atoms with Gasteiger partial charge < -0.3 is 20.6 Å². The van der Waals surface area contributed by atoms with Crippen LogP contribution in [0.5, 0.6) is 0 Å². The van der Waals surface area contributed by atoms with Crippen LogP contribution in [0.4, 0.5) is 4.79 Å². The number of benzene rings is 3. The van der Waals surface area contributed by atoms with E-state index in [4.69, 9.17) is 0 Å². The van der Waals surface area contributed by atoms with Crippen molar-refractivity contribution in [3.05, 3.63) is 114 Å². The van der Waals surface area contributed by atoms with Crippen LogP contribution in [0.15, 0.2) is 97.3 Å². The van der Waals surface area contributed by atoms with Crippen molar-refractivity contribution in [1.82, 2.24) is 25.6 Å². The highest BCUT2D eigenvalue weighted by atomic mass is 16.2. The molecule has 0 radical (unpaired) electrons. The number of nitrogens with zero attached hydrogens (tertiary/aromatic N) is 1. The summed E-state index contributed by atoms with van der Waals surface area (Å²) in [6, 6.07) is 27.6. The molecule has 3 aromatic carbocycles. The molecule has 0 saturated heterocycles. The Labute approximate surface area is 192 Å². The van der Waals surface area contributed by atoms with Crippen molar-refractivity contribution in [2.24, 2.45) is 0 Å². The van der Waals surface area contributed by atoms with E-state index < -0.39 is 0 Å². The van der Waals surface area contributed by atoms with Crippen LogP contribution in [-0.2, 0) is 13.0 Å². The molecule has 0 spiro atoms. The Hall–Kier alpha value is -4.32. The van der Waals surface area contributed by atoms with Crippen LogP contribution in [0.25, 0.3) is 22.2 Å². The summed E-state index contributed by atoms with van der Waals surface area (Å²) in [7, 11) is 0. The Morgan fingerprint density at radius 1 is 0.909 bits per heavy atom. The second kappa shape index (κ2) is 9.44. The van der Waals surface area contributed by atoms with Crippen LogP contribution in [0.2, 0.25) is 0 Å². The predicted octanol–water partition coefficient (Wildman–Crippen LogP) is 5.34. The fourth-order valence-electron chi connectivity index (χ4n) is 4.03. The Morgan fingerprint density at radius 3 is 2.45 bits per heavy atom. The number of imidazole rings is 1. The highest BCUT2D eigenvalue weighted by Gasteiger charge is 2.20. The number of H-pyrrole nitrogens is 2. The first kappa shape index (κ1) is 20.6. The number of aromatic nitrogens is 3. The lowest BCUT2D eigenvalue weighted by Gasteiger charge is -2.18. The highest BCUT2D eigenvalue weighted by molar-refractivity contribution is 5.84. The van der Waals surface area contributed by atoms with Gasteiger partial charge in [0.25, 0.3) is 0 Å². The molecule has 2 heterocycles. The van der Waals surface area contributed by atoms with Crippen LogP contribution in [0.3, 0.4) is 0 Å². The largest absolute Gasteiger partial charge is 0.361 e. The monoisotopic (exact) mass is 435 g/mol. The molecule has 6 nitrogen and oxygen atoms in total. The van der Waals surface area contributed by atoms with Gasteiger partial charge in [0.15, 0.2) is 0 Å². The van der Waals surface area contributed by atoms with E-state index >= 15 is 0 Å². The van der Waals surface area contributed by atoms with Gasteiger partial charge in [-0.25, -0.2) is 9.78 Å². The molecule has 2 aromatic heterocycles. The SMILES string of the molecule is O=C(NCc1ccccc1)NC(Cc1ncc(-c2ccccc2)[nH]1)c1c[nH]c2ccccc12. The van der Waals surface area contributed by atoms with E-state index in [1.54, 1.807) is 0 Å². The van der Waals surface area contributed by atoms with E-state index in [0.717, 1.165) is 39.1 Å². The molecule has 0 fully saturated rings. The quantitative estimate of drug-likeness (QED) is 0.278. The van der Waals surface area contributed by atoms with Crippen molar-refractivity contribution >= 4 is 16.9 Å². The zero-order valence-corrected chi connectivity index (χ0v) is 18.1. The van der Waals surface area contributed by atoms with Crippen LogP contribution in [0, 0.1) is 0 Å². The normalized spacial score (nSPS) is 11.9. The first-order valence-corrected chi connectivity index (χ1v) is 11.0. The second-order valence-electron chi connectivity index (χ2n) is 7.97. The molecule has 1 atom stereocenters. The topological polar surface area (TPSA) is 85.6 Å². The van der Waals surface area contributed by atoms with Gasteiger partial charge in [0.05, 0.1) is 17.9 Å². The number of hydrogen-bond donors (Lipinski definition) is 4. The third kappa shape index (κ3) is 4.80. The van der Waals surface area contributed by atoms with Crippen molar-refractivity contribution in [2.45, 2.75) is 19.0 Å². The number of aromatic amines is 2. The summed E-state index contributed by atoms with van der Waals surface area (Å²) in [5.74, 6) is 0.812. The van der Waals surface area contributed by atoms with Crippen LogP contribution in [-0.4, -0.2) is 21.0 Å². The maximum Gasteiger partial charge on any atom is 0.315 e. The Bertz CT molecular complexity index is 1340. The minimum atomic E-state index is -0.258. The van der Waals surface area contributed by atoms with E-state index in [2.05, 4.69) is 31.7 Å². The molecular weight excluding hydrogens is 410 g/mol. The molecule has 4 N–H and O–H groups in total. The van der Waals surface area contributed by atoms with Crippen molar-refractivity contribution in [1.29, 1.82) is 0 Å². The molecule has 0 saturated carbocycles. The first-order chi connectivity index (χ1) is 16.3. The number of para-hydroxylation sites is 1. The number of carbonyl (C=O) groups is 1. The number of hydrogen-bond acceptors (Lipinski definition) is 2. The van der Waals surface area contributed by atoms with Gasteiger partial charge in [-0.3, -0.25) is 0 Å². The molecule has 33 heavy (non-hydrogen) atoms. The van der Waals surface area contributed by atoms with Crippen molar-refractivity contribution in [2.75, 3.05) is 0 Å². The number of fused-ring (bicyclic) bond motifs is 1. The smallest absolute Gasteiger partial charge is 0.315 e. The number of rotatable bonds is 7. The molecule has 5 aromatic rings. The Kier molecular flexibility index (Phi) is 5.89. The summed E-state index contributed by atoms with van der Waals surface area (Å²) in [5.41, 5.74) is 5.15. The van der Waals surface area contributed by atoms with Gasteiger partial charge in [0, 0.05) is 35.6 Å². The molecule has 0 aliphatic rings. The summed E-state index contributed by atoms with van der Waals surface area (Å²) in [6.45, 7) is 0.464. The summed E-state index contributed by atoms with van der Waals surface area (Å²) < 4.78 is 0. The average molecular weight is 436 g/mol. The number of urea groups is 1. The maximum absolute atomic E-state index is 12.8. The molecule has 164 valence electrons. The lowest BCUT2D eigenvalue weighted by atomic mass is 10.0. The van der Waals surface area contributed by atoms with Gasteiger partial charge in [0.2, 0.25) is 0 Å². The Morgan fingerprint density at radius 2 is 1.64 bits per heavy atom. The van der Waals surface area contributed by atoms with E-state index in [-0.39, 0.29) is 12.1 Å². The van der Waals surface area contributed by atoms with Crippen molar-refractivity contribution in [3.8, 4) is 11.3 Å². The van der Waals surface area contributed by atoms with Crippen LogP contribution in [0.1, 0.15) is 23.0 Å². The minimum absolute atomic E-state index is 0.219. The molecule has 6 heteroatoms. The summed E-state index contributed by atoms with van der Waals surface area (Å²) in [4.78, 5) is 24.1. The number of nitrogens with one attached hydrogen (secondary N) is 4. The lowest BCUT2D eigenvalue weighted by Crippen LogP contribution is -2.38. The molecule has 0 aliphatic carbocycles. The molecule has 0 bridgehead atoms. The van der Waals surface area contributed by atoms with Gasteiger partial charge in [-0.05, 0) is 17.2 Å². The van der Waals surface area contributed by atoms with Gasteiger partial charge >= 0.3 is 6.03 Å². The zero-order chi connectivity index (χ0) is 22.5. The van der Waals surface area contributed by atoms with Crippen molar-refractivity contribution < 1.29 is 4.79 Å². The molecular formula is C27H25N5O. The van der Waals surface area contributed by atoms with Gasteiger partial charge in [-0.15, -0.1) is 0 Å². The van der Waals surface area contributed by atoms with E-state index in [1.165, 1.54) is 0 Å². The molecule has 5 rings (SSSR count). The van der Waals surface area contributed by atoms with E-state index in [1.807, 2.05) is 91.3 Å². The predicted molar refractivity (Wildman–Crippen MR) is 131 cm³/mol. The fourth-order valence-corrected chi connectivity index (χ4v) is 4.03. The van der Waals surface area contributed by atoms with E-state index in [0.29, 0.717) is 13.0 Å². The second-order valence-corrected chi connectivity index (χ2v) is 7.97. The van der Waals surface area contributed by atoms with Gasteiger partial charge in [0.1, 0.15) is 5.82 Å². The van der Waals surface area contributed by atoms with E-state index in [9.17, 15) is 4.79 Å². The fraction of sp³-hybridized carbons (Fsp3) is 0.111. The standard InChI is InChI=1S/C27H25N5O/c33-27(30-16-19-9-3-1-4-10-19)32-24(22-17-28-23-14-8-7-13-21(22)23)15-26-29-18-25(31-26)20-11-5-2-6-12-20/h1-14,17-18,24,28H,15-16H2,(H,29,31)(H2,30,32,33). The lowest BCUT2D eigenvalue weighted by molar-refractivity contribution is 0.236. The third-order valence-electron chi connectivity index (χ3n) is 5.71. The number of amides is 2. The average Bonchev–Trinajstić information content (AvgIpc) is 3.51. The summed E-state index contributed by atoms with van der Waals surface area (Å²) in [5, 5.41) is 7.20. The summed E-state index contributed by atoms with van der Waals surface area (Å²) >= 11 is 0. The molecule has 0 aliphatic heterocycles.